The number of aromatic nitrogens is 1. The van der Waals surface area contributed by atoms with Gasteiger partial charge in [-0.05, 0) is 25.5 Å². The number of thiazole rings is 1. The average Bonchev–Trinajstić information content (AvgIpc) is 2.88. The van der Waals surface area contributed by atoms with Crippen LogP contribution >= 0.6 is 11.3 Å². The molecule has 21 heavy (non-hydrogen) atoms. The van der Waals surface area contributed by atoms with E-state index in [0.29, 0.717) is 11.6 Å². The van der Waals surface area contributed by atoms with Crippen molar-refractivity contribution >= 4 is 42.6 Å². The van der Waals surface area contributed by atoms with E-state index >= 15 is 0 Å². The van der Waals surface area contributed by atoms with Crippen molar-refractivity contribution in [1.82, 2.24) is 10.3 Å². The van der Waals surface area contributed by atoms with Gasteiger partial charge in [-0.3, -0.25) is 5.32 Å². The first-order valence-electron chi connectivity index (χ1n) is 6.50. The predicted molar refractivity (Wildman–Crippen MR) is 83.5 cm³/mol. The van der Waals surface area contributed by atoms with E-state index in [1.54, 1.807) is 6.92 Å². The van der Waals surface area contributed by atoms with E-state index in [1.807, 2.05) is 24.3 Å². The molecule has 0 unspecified atom stereocenters. The molecule has 2 amide bonds. The molecule has 0 radical (unpaired) electrons. The Morgan fingerprint density at radius 1 is 1.38 bits per heavy atom. The highest BCUT2D eigenvalue weighted by atomic mass is 32.2. The lowest BCUT2D eigenvalue weighted by Crippen LogP contribution is -2.48. The minimum absolute atomic E-state index is 0.0206. The van der Waals surface area contributed by atoms with E-state index in [2.05, 4.69) is 15.6 Å². The van der Waals surface area contributed by atoms with Gasteiger partial charge in [0, 0.05) is 0 Å². The zero-order chi connectivity index (χ0) is 15.1. The first-order valence-corrected chi connectivity index (χ1v) is 9.14. The molecule has 0 saturated carbocycles. The lowest BCUT2D eigenvalue weighted by atomic mass is 10.0. The van der Waals surface area contributed by atoms with Gasteiger partial charge in [-0.1, -0.05) is 23.5 Å². The van der Waals surface area contributed by atoms with Gasteiger partial charge in [0.25, 0.3) is 0 Å². The lowest BCUT2D eigenvalue weighted by Gasteiger charge is -2.23. The van der Waals surface area contributed by atoms with Gasteiger partial charge in [0.2, 0.25) is 0 Å². The molecule has 1 aliphatic heterocycles. The van der Waals surface area contributed by atoms with Crippen LogP contribution in [0, 0.1) is 0 Å². The highest BCUT2D eigenvalue weighted by Gasteiger charge is 2.39. The highest BCUT2D eigenvalue weighted by Crippen LogP contribution is 2.26. The fourth-order valence-electron chi connectivity index (χ4n) is 2.44. The third-order valence-corrected chi connectivity index (χ3v) is 6.29. The smallest absolute Gasteiger partial charge is 0.321 e. The predicted octanol–water partition coefficient (Wildman–Crippen LogP) is 1.99. The quantitative estimate of drug-likeness (QED) is 0.884. The van der Waals surface area contributed by atoms with Crippen LogP contribution in [-0.4, -0.2) is 36.5 Å². The number of anilines is 1. The van der Waals surface area contributed by atoms with E-state index in [4.69, 9.17) is 0 Å². The van der Waals surface area contributed by atoms with Crippen LogP contribution in [0.25, 0.3) is 10.2 Å². The maximum Gasteiger partial charge on any atom is 0.321 e. The summed E-state index contributed by atoms with van der Waals surface area (Å²) in [5.41, 5.74) is 0.118. The van der Waals surface area contributed by atoms with Crippen LogP contribution in [-0.2, 0) is 9.84 Å². The van der Waals surface area contributed by atoms with E-state index in [-0.39, 0.29) is 11.5 Å². The molecule has 1 saturated heterocycles. The summed E-state index contributed by atoms with van der Waals surface area (Å²) in [4.78, 5) is 16.3. The molecule has 0 aliphatic carbocycles. The van der Waals surface area contributed by atoms with Crippen molar-refractivity contribution < 1.29 is 13.2 Å². The maximum absolute atomic E-state index is 12.0. The van der Waals surface area contributed by atoms with Crippen LogP contribution in [0.5, 0.6) is 0 Å². The summed E-state index contributed by atoms with van der Waals surface area (Å²) in [5.74, 6) is 0.0954. The molecular formula is C13H15N3O3S2. The van der Waals surface area contributed by atoms with E-state index in [0.717, 1.165) is 10.2 Å². The van der Waals surface area contributed by atoms with Crippen molar-refractivity contribution in [1.29, 1.82) is 0 Å². The molecule has 6 nitrogen and oxygen atoms in total. The Morgan fingerprint density at radius 3 is 2.81 bits per heavy atom. The second-order valence-corrected chi connectivity index (χ2v) is 8.68. The van der Waals surface area contributed by atoms with Crippen molar-refractivity contribution in [3.05, 3.63) is 24.3 Å². The number of amides is 2. The number of benzene rings is 1. The fraction of sp³-hybridized carbons (Fsp3) is 0.385. The maximum atomic E-state index is 12.0. The molecule has 0 bridgehead atoms. The van der Waals surface area contributed by atoms with Gasteiger partial charge in [-0.15, -0.1) is 0 Å². The minimum atomic E-state index is -3.05. The number of carbonyl (C=O) groups excluding carboxylic acids is 1. The molecule has 2 aromatic rings. The summed E-state index contributed by atoms with van der Waals surface area (Å²) in [5, 5.41) is 5.91. The molecule has 0 spiro atoms. The van der Waals surface area contributed by atoms with Gasteiger partial charge in [0.1, 0.15) is 0 Å². The van der Waals surface area contributed by atoms with Gasteiger partial charge in [-0.2, -0.15) is 0 Å². The number of hydrogen-bond donors (Lipinski definition) is 2. The van der Waals surface area contributed by atoms with Crippen molar-refractivity contribution in [3.8, 4) is 0 Å². The van der Waals surface area contributed by atoms with E-state index < -0.39 is 21.4 Å². The number of nitrogens with one attached hydrogen (secondary N) is 2. The number of fused-ring (bicyclic) bond motifs is 1. The van der Waals surface area contributed by atoms with Gasteiger partial charge in [-0.25, -0.2) is 18.2 Å². The molecule has 112 valence electrons. The Kier molecular flexibility index (Phi) is 3.37. The molecule has 1 aromatic carbocycles. The topological polar surface area (TPSA) is 88.2 Å². The minimum Gasteiger partial charge on any atom is -0.332 e. The molecular weight excluding hydrogens is 310 g/mol. The van der Waals surface area contributed by atoms with Crippen molar-refractivity contribution in [2.75, 3.05) is 16.8 Å². The molecule has 3 rings (SSSR count). The fourth-order valence-corrected chi connectivity index (χ4v) is 5.39. The number of para-hydroxylation sites is 1. The van der Waals surface area contributed by atoms with Crippen LogP contribution in [0.4, 0.5) is 9.93 Å². The number of carbonyl (C=O) groups is 1. The van der Waals surface area contributed by atoms with Crippen LogP contribution in [0.15, 0.2) is 24.3 Å². The first-order chi connectivity index (χ1) is 9.85. The Hall–Kier alpha value is -1.67. The van der Waals surface area contributed by atoms with E-state index in [9.17, 15) is 13.2 Å². The molecule has 1 aromatic heterocycles. The van der Waals surface area contributed by atoms with Crippen molar-refractivity contribution in [2.45, 2.75) is 18.9 Å². The summed E-state index contributed by atoms with van der Waals surface area (Å²) in [7, 11) is -3.05. The number of urea groups is 1. The molecule has 8 heteroatoms. The number of sulfone groups is 1. The normalized spacial score (nSPS) is 24.0. The number of rotatable bonds is 2. The van der Waals surface area contributed by atoms with Gasteiger partial charge < -0.3 is 5.32 Å². The SMILES string of the molecule is C[C@@]1(NC(=O)Nc2nc3ccccc3s2)CCS(=O)(=O)C1. The van der Waals surface area contributed by atoms with Gasteiger partial charge in [0.05, 0.1) is 27.3 Å². The summed E-state index contributed by atoms with van der Waals surface area (Å²) >= 11 is 1.38. The first kappa shape index (κ1) is 14.3. The zero-order valence-corrected chi connectivity index (χ0v) is 13.1. The Balaban J connectivity index is 1.69. The summed E-state index contributed by atoms with van der Waals surface area (Å²) in [6, 6.07) is 7.18. The third kappa shape index (κ3) is 3.16. The Morgan fingerprint density at radius 2 is 2.14 bits per heavy atom. The molecule has 2 N–H and O–H groups in total. The van der Waals surface area contributed by atoms with Crippen molar-refractivity contribution in [3.63, 3.8) is 0 Å². The average molecular weight is 325 g/mol. The van der Waals surface area contributed by atoms with Crippen LogP contribution < -0.4 is 10.6 Å². The number of nitrogens with zero attached hydrogens (tertiary/aromatic N) is 1. The molecule has 1 atom stereocenters. The third-order valence-electron chi connectivity index (χ3n) is 3.43. The van der Waals surface area contributed by atoms with Crippen LogP contribution in [0.3, 0.4) is 0 Å². The zero-order valence-electron chi connectivity index (χ0n) is 11.4. The summed E-state index contributed by atoms with van der Waals surface area (Å²) in [6.07, 6.45) is 0.433. The monoisotopic (exact) mass is 325 g/mol. The lowest BCUT2D eigenvalue weighted by molar-refractivity contribution is 0.242. The Labute approximate surface area is 126 Å². The van der Waals surface area contributed by atoms with Crippen LogP contribution in [0.2, 0.25) is 0 Å². The summed E-state index contributed by atoms with van der Waals surface area (Å²) < 4.78 is 24.0. The summed E-state index contributed by atoms with van der Waals surface area (Å²) in [6.45, 7) is 1.75. The van der Waals surface area contributed by atoms with Gasteiger partial charge in [0.15, 0.2) is 15.0 Å². The number of hydrogen-bond acceptors (Lipinski definition) is 5. The molecule has 1 fully saturated rings. The standard InChI is InChI=1S/C13H15N3O3S2/c1-13(6-7-21(18,19)8-13)16-11(17)15-12-14-9-4-2-3-5-10(9)20-12/h2-5H,6-8H2,1H3,(H2,14,15,16,17)/t13-/m1/s1. The Bertz CT molecular complexity index is 767. The molecule has 1 aliphatic rings. The highest BCUT2D eigenvalue weighted by molar-refractivity contribution is 7.91. The second-order valence-electron chi connectivity index (χ2n) is 5.47. The van der Waals surface area contributed by atoms with E-state index in [1.165, 1.54) is 11.3 Å². The van der Waals surface area contributed by atoms with Crippen LogP contribution in [0.1, 0.15) is 13.3 Å². The largest absolute Gasteiger partial charge is 0.332 e. The molecule has 2 heterocycles. The van der Waals surface area contributed by atoms with Gasteiger partial charge >= 0.3 is 6.03 Å². The van der Waals surface area contributed by atoms with Crippen molar-refractivity contribution in [2.24, 2.45) is 0 Å². The second kappa shape index (κ2) is 4.96.